The Hall–Kier alpha value is -2.17. The molecule has 0 saturated heterocycles. The molecule has 27 heavy (non-hydrogen) atoms. The maximum atomic E-state index is 12.4. The number of ether oxygens (including phenoxy) is 1. The second-order valence-electron chi connectivity index (χ2n) is 7.92. The standard InChI is InChI=1S/C22H31N3O2/c1-16(2)8-14-21-23-24-22(25(21)18-10-11-18)15-13-19(26)12-9-17-6-4-5-7-20(17)27-3/h4-7,16,18H,8-15H2,1-3H3. The average Bonchev–Trinajstić information content (AvgIpc) is 3.43. The maximum Gasteiger partial charge on any atom is 0.133 e. The number of carbonyl (C=O) groups excluding carboxylic acids is 1. The van der Waals surface area contributed by atoms with Crippen molar-refractivity contribution in [3.8, 4) is 5.75 Å². The molecule has 5 nitrogen and oxygen atoms in total. The van der Waals surface area contributed by atoms with Crippen molar-refractivity contribution in [1.82, 2.24) is 14.8 Å². The molecular weight excluding hydrogens is 338 g/mol. The van der Waals surface area contributed by atoms with E-state index in [1.165, 1.54) is 12.8 Å². The molecule has 5 heteroatoms. The fourth-order valence-electron chi connectivity index (χ4n) is 3.43. The summed E-state index contributed by atoms with van der Waals surface area (Å²) in [6.07, 6.45) is 7.00. The summed E-state index contributed by atoms with van der Waals surface area (Å²) in [4.78, 5) is 12.4. The molecule has 1 aromatic carbocycles. The highest BCUT2D eigenvalue weighted by Gasteiger charge is 2.29. The second-order valence-corrected chi connectivity index (χ2v) is 7.92. The first kappa shape index (κ1) is 19.6. The zero-order valence-corrected chi connectivity index (χ0v) is 16.8. The number of aryl methyl sites for hydroxylation is 3. The number of methoxy groups -OCH3 is 1. The number of para-hydroxylation sites is 1. The molecule has 146 valence electrons. The fourth-order valence-corrected chi connectivity index (χ4v) is 3.43. The van der Waals surface area contributed by atoms with Gasteiger partial charge in [-0.2, -0.15) is 0 Å². The first-order valence-electron chi connectivity index (χ1n) is 10.1. The second kappa shape index (κ2) is 9.16. The lowest BCUT2D eigenvalue weighted by atomic mass is 10.0. The van der Waals surface area contributed by atoms with Gasteiger partial charge in [-0.25, -0.2) is 0 Å². The number of Topliss-reactive ketones (excluding diaryl/α,β-unsaturated/α-hetero) is 1. The van der Waals surface area contributed by atoms with Crippen molar-refractivity contribution in [2.75, 3.05) is 7.11 Å². The third kappa shape index (κ3) is 5.41. The average molecular weight is 370 g/mol. The van der Waals surface area contributed by atoms with Gasteiger partial charge in [0, 0.05) is 31.7 Å². The molecule has 1 heterocycles. The van der Waals surface area contributed by atoms with Crippen molar-refractivity contribution >= 4 is 5.78 Å². The van der Waals surface area contributed by atoms with E-state index in [0.29, 0.717) is 31.2 Å². The lowest BCUT2D eigenvalue weighted by Gasteiger charge is -2.10. The molecule has 0 spiro atoms. The van der Waals surface area contributed by atoms with Gasteiger partial charge in [0.05, 0.1) is 7.11 Å². The van der Waals surface area contributed by atoms with E-state index in [2.05, 4.69) is 28.6 Å². The van der Waals surface area contributed by atoms with Crippen LogP contribution in [-0.2, 0) is 24.1 Å². The highest BCUT2D eigenvalue weighted by molar-refractivity contribution is 5.78. The molecule has 1 saturated carbocycles. The number of carbonyl (C=O) groups is 1. The van der Waals surface area contributed by atoms with E-state index in [4.69, 9.17) is 4.74 Å². The lowest BCUT2D eigenvalue weighted by Crippen LogP contribution is -2.10. The lowest BCUT2D eigenvalue weighted by molar-refractivity contribution is -0.119. The van der Waals surface area contributed by atoms with Crippen molar-refractivity contribution in [2.24, 2.45) is 5.92 Å². The van der Waals surface area contributed by atoms with Crippen molar-refractivity contribution < 1.29 is 9.53 Å². The van der Waals surface area contributed by atoms with E-state index in [0.717, 1.165) is 42.2 Å². The summed E-state index contributed by atoms with van der Waals surface area (Å²) in [7, 11) is 1.67. The van der Waals surface area contributed by atoms with Crippen molar-refractivity contribution in [3.05, 3.63) is 41.5 Å². The molecule has 2 aromatic rings. The maximum absolute atomic E-state index is 12.4. The normalized spacial score (nSPS) is 13.9. The number of benzene rings is 1. The van der Waals surface area contributed by atoms with Crippen LogP contribution in [0.1, 0.15) is 69.2 Å². The predicted octanol–water partition coefficient (Wildman–Crippen LogP) is 4.34. The van der Waals surface area contributed by atoms with Crippen molar-refractivity contribution in [1.29, 1.82) is 0 Å². The van der Waals surface area contributed by atoms with E-state index in [9.17, 15) is 4.79 Å². The molecule has 0 radical (unpaired) electrons. The van der Waals surface area contributed by atoms with Crippen LogP contribution in [-0.4, -0.2) is 27.7 Å². The third-order valence-corrected chi connectivity index (χ3v) is 5.19. The van der Waals surface area contributed by atoms with E-state index in [-0.39, 0.29) is 5.78 Å². The number of hydrogen-bond donors (Lipinski definition) is 0. The van der Waals surface area contributed by atoms with Gasteiger partial charge < -0.3 is 9.30 Å². The van der Waals surface area contributed by atoms with Gasteiger partial charge in [0.25, 0.3) is 0 Å². The van der Waals surface area contributed by atoms with E-state index in [1.54, 1.807) is 7.11 Å². The van der Waals surface area contributed by atoms with Crippen LogP contribution in [0.15, 0.2) is 24.3 Å². The Bertz CT molecular complexity index is 763. The van der Waals surface area contributed by atoms with E-state index < -0.39 is 0 Å². The molecule has 0 bridgehead atoms. The first-order valence-corrected chi connectivity index (χ1v) is 10.1. The number of aromatic nitrogens is 3. The zero-order chi connectivity index (χ0) is 19.2. The van der Waals surface area contributed by atoms with Gasteiger partial charge in [0.2, 0.25) is 0 Å². The monoisotopic (exact) mass is 369 g/mol. The summed E-state index contributed by atoms with van der Waals surface area (Å²) >= 11 is 0. The van der Waals surface area contributed by atoms with Crippen LogP contribution in [0.3, 0.4) is 0 Å². The quantitative estimate of drug-likeness (QED) is 0.591. The summed E-state index contributed by atoms with van der Waals surface area (Å²) in [5.74, 6) is 3.88. The fraction of sp³-hybridized carbons (Fsp3) is 0.591. The van der Waals surface area contributed by atoms with Gasteiger partial charge in [-0.1, -0.05) is 32.0 Å². The minimum atomic E-state index is 0.273. The van der Waals surface area contributed by atoms with Crippen molar-refractivity contribution in [2.45, 2.75) is 71.3 Å². The van der Waals surface area contributed by atoms with Gasteiger partial charge >= 0.3 is 0 Å². The Balaban J connectivity index is 1.54. The molecule has 3 rings (SSSR count). The van der Waals surface area contributed by atoms with Crippen LogP contribution in [0.2, 0.25) is 0 Å². The SMILES string of the molecule is COc1ccccc1CCC(=O)CCc1nnc(CCC(C)C)n1C1CC1. The molecular formula is C22H31N3O2. The van der Waals surface area contributed by atoms with Crippen LogP contribution in [0, 0.1) is 5.92 Å². The largest absolute Gasteiger partial charge is 0.496 e. The van der Waals surface area contributed by atoms with Crippen LogP contribution in [0.25, 0.3) is 0 Å². The molecule has 1 fully saturated rings. The highest BCUT2D eigenvalue weighted by atomic mass is 16.5. The minimum Gasteiger partial charge on any atom is -0.496 e. The summed E-state index contributed by atoms with van der Waals surface area (Å²) in [6, 6.07) is 8.46. The number of nitrogens with zero attached hydrogens (tertiary/aromatic N) is 3. The van der Waals surface area contributed by atoms with Crippen LogP contribution in [0.4, 0.5) is 0 Å². The van der Waals surface area contributed by atoms with Crippen molar-refractivity contribution in [3.63, 3.8) is 0 Å². The Morgan fingerprint density at radius 3 is 2.44 bits per heavy atom. The molecule has 0 aliphatic heterocycles. The van der Waals surface area contributed by atoms with Gasteiger partial charge in [-0.3, -0.25) is 4.79 Å². The zero-order valence-electron chi connectivity index (χ0n) is 16.8. The predicted molar refractivity (Wildman–Crippen MR) is 106 cm³/mol. The van der Waals surface area contributed by atoms with E-state index in [1.807, 2.05) is 24.3 Å². The van der Waals surface area contributed by atoms with E-state index >= 15 is 0 Å². The third-order valence-electron chi connectivity index (χ3n) is 5.19. The molecule has 1 aromatic heterocycles. The Kier molecular flexibility index (Phi) is 6.64. The molecule has 0 unspecified atom stereocenters. The molecule has 0 amide bonds. The Morgan fingerprint density at radius 2 is 1.78 bits per heavy atom. The minimum absolute atomic E-state index is 0.273. The van der Waals surface area contributed by atoms with Gasteiger partial charge in [0.1, 0.15) is 23.2 Å². The van der Waals surface area contributed by atoms with Crippen LogP contribution >= 0.6 is 0 Å². The summed E-state index contributed by atoms with van der Waals surface area (Å²) in [5, 5.41) is 8.84. The summed E-state index contributed by atoms with van der Waals surface area (Å²) in [6.45, 7) is 4.47. The first-order chi connectivity index (χ1) is 13.1. The Labute approximate surface area is 162 Å². The smallest absolute Gasteiger partial charge is 0.133 e. The molecule has 0 atom stereocenters. The van der Waals surface area contributed by atoms with Gasteiger partial charge in [0.15, 0.2) is 0 Å². The van der Waals surface area contributed by atoms with Gasteiger partial charge in [-0.15, -0.1) is 10.2 Å². The number of hydrogen-bond acceptors (Lipinski definition) is 4. The number of ketones is 1. The topological polar surface area (TPSA) is 57.0 Å². The summed E-state index contributed by atoms with van der Waals surface area (Å²) < 4.78 is 7.68. The highest BCUT2D eigenvalue weighted by Crippen LogP contribution is 2.37. The summed E-state index contributed by atoms with van der Waals surface area (Å²) in [5.41, 5.74) is 1.09. The Morgan fingerprint density at radius 1 is 1.11 bits per heavy atom. The van der Waals surface area contributed by atoms with Crippen LogP contribution in [0.5, 0.6) is 5.75 Å². The molecule has 1 aliphatic rings. The molecule has 1 aliphatic carbocycles. The number of rotatable bonds is 11. The van der Waals surface area contributed by atoms with Gasteiger partial charge in [-0.05, 0) is 43.2 Å². The molecule has 0 N–H and O–H groups in total. The van der Waals surface area contributed by atoms with Crippen LogP contribution < -0.4 is 4.74 Å².